The average Bonchev–Trinajstić information content (AvgIpc) is 2.41. The Morgan fingerprint density at radius 1 is 1.24 bits per heavy atom. The Morgan fingerprint density at radius 2 is 2.06 bits per heavy atom. The van der Waals surface area contributed by atoms with Gasteiger partial charge < -0.3 is 16.0 Å². The summed E-state index contributed by atoms with van der Waals surface area (Å²) >= 11 is 0. The Hall–Kier alpha value is -1.29. The highest BCUT2D eigenvalue weighted by Crippen LogP contribution is 2.18. The lowest BCUT2D eigenvalue weighted by Gasteiger charge is -2.27. The van der Waals surface area contributed by atoms with Gasteiger partial charge in [-0.05, 0) is 44.4 Å². The number of anilines is 2. The summed E-state index contributed by atoms with van der Waals surface area (Å²) in [5, 5.41) is 3.31. The Labute approximate surface area is 103 Å². The molecule has 1 saturated heterocycles. The van der Waals surface area contributed by atoms with Gasteiger partial charge in [-0.25, -0.2) is 4.98 Å². The molecule has 1 aromatic rings. The molecule has 0 unspecified atom stereocenters. The number of piperidine rings is 1. The second-order valence-corrected chi connectivity index (χ2v) is 4.52. The van der Waals surface area contributed by atoms with Crippen LogP contribution in [0.25, 0.3) is 0 Å². The van der Waals surface area contributed by atoms with E-state index in [9.17, 15) is 0 Å². The standard InChI is InChI=1S/C13H22N4/c14-7-4-8-15-12-5-6-13(16-11-12)17-9-2-1-3-10-17/h5-6,11,15H,1-4,7-10,14H2. The summed E-state index contributed by atoms with van der Waals surface area (Å²) in [6.07, 6.45) is 6.85. The normalized spacial score (nSPS) is 15.9. The molecule has 0 aliphatic carbocycles. The summed E-state index contributed by atoms with van der Waals surface area (Å²) in [4.78, 5) is 6.88. The van der Waals surface area contributed by atoms with E-state index in [0.29, 0.717) is 0 Å². The Balaban J connectivity index is 1.88. The lowest BCUT2D eigenvalue weighted by atomic mass is 10.1. The maximum absolute atomic E-state index is 5.45. The molecule has 0 atom stereocenters. The van der Waals surface area contributed by atoms with Crippen molar-refractivity contribution >= 4 is 11.5 Å². The highest BCUT2D eigenvalue weighted by Gasteiger charge is 2.11. The lowest BCUT2D eigenvalue weighted by molar-refractivity contribution is 0.573. The fourth-order valence-electron chi connectivity index (χ4n) is 2.14. The van der Waals surface area contributed by atoms with Gasteiger partial charge in [-0.1, -0.05) is 0 Å². The monoisotopic (exact) mass is 234 g/mol. The van der Waals surface area contributed by atoms with E-state index in [0.717, 1.165) is 44.1 Å². The van der Waals surface area contributed by atoms with Crippen molar-refractivity contribution in [3.63, 3.8) is 0 Å². The van der Waals surface area contributed by atoms with Gasteiger partial charge in [-0.3, -0.25) is 0 Å². The zero-order valence-corrected chi connectivity index (χ0v) is 10.4. The molecule has 2 rings (SSSR count). The molecule has 0 spiro atoms. The van der Waals surface area contributed by atoms with Crippen LogP contribution in [0.15, 0.2) is 18.3 Å². The van der Waals surface area contributed by atoms with Gasteiger partial charge >= 0.3 is 0 Å². The highest BCUT2D eigenvalue weighted by molar-refractivity contribution is 5.48. The van der Waals surface area contributed by atoms with Crippen LogP contribution in [0.4, 0.5) is 11.5 Å². The molecule has 1 fully saturated rings. The quantitative estimate of drug-likeness (QED) is 0.763. The SMILES string of the molecule is NCCCNc1ccc(N2CCCCC2)nc1. The van der Waals surface area contributed by atoms with Gasteiger partial charge in [0, 0.05) is 19.6 Å². The van der Waals surface area contributed by atoms with Crippen LogP contribution in [0.5, 0.6) is 0 Å². The smallest absolute Gasteiger partial charge is 0.128 e. The summed E-state index contributed by atoms with van der Waals surface area (Å²) in [7, 11) is 0. The van der Waals surface area contributed by atoms with E-state index in [2.05, 4.69) is 27.3 Å². The zero-order chi connectivity index (χ0) is 11.9. The van der Waals surface area contributed by atoms with Crippen molar-refractivity contribution in [2.75, 3.05) is 36.4 Å². The van der Waals surface area contributed by atoms with Crippen LogP contribution in [0.2, 0.25) is 0 Å². The molecule has 94 valence electrons. The summed E-state index contributed by atoms with van der Waals surface area (Å²) in [5.41, 5.74) is 6.53. The first-order valence-electron chi connectivity index (χ1n) is 6.55. The molecule has 0 radical (unpaired) electrons. The number of pyridine rings is 1. The van der Waals surface area contributed by atoms with Gasteiger partial charge in [0.1, 0.15) is 5.82 Å². The molecule has 0 aromatic carbocycles. The van der Waals surface area contributed by atoms with Crippen molar-refractivity contribution in [2.24, 2.45) is 5.73 Å². The van der Waals surface area contributed by atoms with Crippen LogP contribution in [-0.2, 0) is 0 Å². The van der Waals surface area contributed by atoms with E-state index in [1.807, 2.05) is 6.20 Å². The maximum Gasteiger partial charge on any atom is 0.128 e. The molecule has 0 amide bonds. The summed E-state index contributed by atoms with van der Waals surface area (Å²) in [6.45, 7) is 3.94. The molecule has 4 heteroatoms. The molecule has 0 bridgehead atoms. The third-order valence-electron chi connectivity index (χ3n) is 3.14. The molecular weight excluding hydrogens is 212 g/mol. The van der Waals surface area contributed by atoms with Crippen molar-refractivity contribution < 1.29 is 0 Å². The number of hydrogen-bond donors (Lipinski definition) is 2. The van der Waals surface area contributed by atoms with Gasteiger partial charge in [0.15, 0.2) is 0 Å². The molecule has 1 aliphatic heterocycles. The number of aromatic nitrogens is 1. The van der Waals surface area contributed by atoms with Crippen LogP contribution in [0.3, 0.4) is 0 Å². The predicted molar refractivity (Wildman–Crippen MR) is 72.5 cm³/mol. The van der Waals surface area contributed by atoms with Gasteiger partial charge in [-0.2, -0.15) is 0 Å². The molecular formula is C13H22N4. The van der Waals surface area contributed by atoms with Gasteiger partial charge in [0.25, 0.3) is 0 Å². The topological polar surface area (TPSA) is 54.2 Å². The molecule has 1 aromatic heterocycles. The van der Waals surface area contributed by atoms with E-state index in [-0.39, 0.29) is 0 Å². The molecule has 17 heavy (non-hydrogen) atoms. The second-order valence-electron chi connectivity index (χ2n) is 4.52. The van der Waals surface area contributed by atoms with E-state index < -0.39 is 0 Å². The fourth-order valence-corrected chi connectivity index (χ4v) is 2.14. The first kappa shape index (κ1) is 12.2. The minimum atomic E-state index is 0.728. The molecule has 3 N–H and O–H groups in total. The third-order valence-corrected chi connectivity index (χ3v) is 3.14. The number of nitrogens with one attached hydrogen (secondary N) is 1. The van der Waals surface area contributed by atoms with Crippen molar-refractivity contribution in [2.45, 2.75) is 25.7 Å². The first-order chi connectivity index (χ1) is 8.40. The molecule has 2 heterocycles. The van der Waals surface area contributed by atoms with Gasteiger partial charge in [0.2, 0.25) is 0 Å². The lowest BCUT2D eigenvalue weighted by Crippen LogP contribution is -2.30. The number of nitrogens with two attached hydrogens (primary N) is 1. The zero-order valence-electron chi connectivity index (χ0n) is 10.4. The van der Waals surface area contributed by atoms with Crippen LogP contribution in [0, 0.1) is 0 Å². The Kier molecular flexibility index (Phi) is 4.62. The van der Waals surface area contributed by atoms with Crippen molar-refractivity contribution in [3.8, 4) is 0 Å². The summed E-state index contributed by atoms with van der Waals surface area (Å²) in [6, 6.07) is 4.21. The predicted octanol–water partition coefficient (Wildman–Crippen LogP) is 1.83. The van der Waals surface area contributed by atoms with E-state index >= 15 is 0 Å². The van der Waals surface area contributed by atoms with Gasteiger partial charge in [0.05, 0.1) is 11.9 Å². The van der Waals surface area contributed by atoms with E-state index in [1.54, 1.807) is 0 Å². The molecule has 4 nitrogen and oxygen atoms in total. The minimum absolute atomic E-state index is 0.728. The van der Waals surface area contributed by atoms with E-state index in [1.165, 1.54) is 19.3 Å². The molecule has 1 aliphatic rings. The van der Waals surface area contributed by atoms with E-state index in [4.69, 9.17) is 5.73 Å². The van der Waals surface area contributed by atoms with Crippen LogP contribution in [-0.4, -0.2) is 31.2 Å². The van der Waals surface area contributed by atoms with Crippen LogP contribution < -0.4 is 16.0 Å². The maximum atomic E-state index is 5.45. The Bertz CT molecular complexity index is 317. The average molecular weight is 234 g/mol. The van der Waals surface area contributed by atoms with Crippen LogP contribution >= 0.6 is 0 Å². The van der Waals surface area contributed by atoms with Crippen molar-refractivity contribution in [3.05, 3.63) is 18.3 Å². The van der Waals surface area contributed by atoms with Crippen molar-refractivity contribution in [1.82, 2.24) is 4.98 Å². The number of nitrogens with zero attached hydrogens (tertiary/aromatic N) is 2. The molecule has 0 saturated carbocycles. The second kappa shape index (κ2) is 6.45. The van der Waals surface area contributed by atoms with Gasteiger partial charge in [-0.15, -0.1) is 0 Å². The largest absolute Gasteiger partial charge is 0.384 e. The fraction of sp³-hybridized carbons (Fsp3) is 0.615. The number of hydrogen-bond acceptors (Lipinski definition) is 4. The first-order valence-corrected chi connectivity index (χ1v) is 6.55. The van der Waals surface area contributed by atoms with Crippen molar-refractivity contribution in [1.29, 1.82) is 0 Å². The van der Waals surface area contributed by atoms with Crippen LogP contribution in [0.1, 0.15) is 25.7 Å². The summed E-state index contributed by atoms with van der Waals surface area (Å²) in [5.74, 6) is 1.11. The minimum Gasteiger partial charge on any atom is -0.384 e. The third kappa shape index (κ3) is 3.60. The highest BCUT2D eigenvalue weighted by atomic mass is 15.2. The Morgan fingerprint density at radius 3 is 2.71 bits per heavy atom. The number of rotatable bonds is 5. The summed E-state index contributed by atoms with van der Waals surface area (Å²) < 4.78 is 0.